The summed E-state index contributed by atoms with van der Waals surface area (Å²) in [4.78, 5) is 8.03. The summed E-state index contributed by atoms with van der Waals surface area (Å²) >= 11 is 4.78. The second-order valence-electron chi connectivity index (χ2n) is 3.83. The lowest BCUT2D eigenvalue weighted by Crippen LogP contribution is -2.17. The first kappa shape index (κ1) is 15.0. The van der Waals surface area contributed by atoms with E-state index < -0.39 is 6.36 Å². The maximum absolute atomic E-state index is 12.1. The predicted octanol–water partition coefficient (Wildman–Crippen LogP) is 2.75. The van der Waals surface area contributed by atoms with Crippen LogP contribution in [0.3, 0.4) is 0 Å². The number of thiocarbonyl (C=S) groups is 1. The van der Waals surface area contributed by atoms with Crippen molar-refractivity contribution in [3.63, 3.8) is 0 Å². The lowest BCUT2D eigenvalue weighted by molar-refractivity contribution is -0.274. The molecule has 0 spiro atoms. The fourth-order valence-corrected chi connectivity index (χ4v) is 1.57. The van der Waals surface area contributed by atoms with Crippen molar-refractivity contribution in [3.8, 4) is 5.75 Å². The van der Waals surface area contributed by atoms with Crippen LogP contribution in [0.4, 0.5) is 24.8 Å². The molecule has 0 amide bonds. The molecule has 2 aromatic rings. The van der Waals surface area contributed by atoms with Crippen LogP contribution in [0.2, 0.25) is 0 Å². The molecule has 3 N–H and O–H groups in total. The maximum atomic E-state index is 12.1. The zero-order chi connectivity index (χ0) is 15.5. The smallest absolute Gasteiger partial charge is 0.406 e. The van der Waals surface area contributed by atoms with Crippen molar-refractivity contribution >= 4 is 28.8 Å². The van der Waals surface area contributed by atoms with E-state index in [1.807, 2.05) is 0 Å². The zero-order valence-electron chi connectivity index (χ0n) is 10.4. The van der Waals surface area contributed by atoms with Gasteiger partial charge in [-0.15, -0.1) is 13.2 Å². The molecule has 110 valence electrons. The Morgan fingerprint density at radius 2 is 2.05 bits per heavy atom. The van der Waals surface area contributed by atoms with E-state index in [0.29, 0.717) is 11.4 Å². The molecule has 1 heterocycles. The van der Waals surface area contributed by atoms with E-state index in [2.05, 4.69) is 20.0 Å². The lowest BCUT2D eigenvalue weighted by atomic mass is 10.3. The van der Waals surface area contributed by atoms with E-state index in [4.69, 9.17) is 18.0 Å². The van der Waals surface area contributed by atoms with Gasteiger partial charge in [0.05, 0.1) is 0 Å². The molecular formula is C12H9F3N4OS. The first-order chi connectivity index (χ1) is 9.83. The van der Waals surface area contributed by atoms with Crippen LogP contribution in [0.15, 0.2) is 36.5 Å². The monoisotopic (exact) mass is 314 g/mol. The molecule has 0 fully saturated rings. The van der Waals surface area contributed by atoms with E-state index in [1.54, 1.807) is 6.07 Å². The zero-order valence-corrected chi connectivity index (χ0v) is 11.2. The van der Waals surface area contributed by atoms with Gasteiger partial charge >= 0.3 is 6.36 Å². The van der Waals surface area contributed by atoms with Crippen molar-refractivity contribution in [3.05, 3.63) is 42.2 Å². The number of hydrogen-bond acceptors (Lipinski definition) is 5. The third-order valence-corrected chi connectivity index (χ3v) is 2.44. The van der Waals surface area contributed by atoms with Crippen LogP contribution >= 0.6 is 12.2 Å². The minimum atomic E-state index is -4.75. The van der Waals surface area contributed by atoms with Gasteiger partial charge in [-0.2, -0.15) is 0 Å². The number of halogens is 3. The summed E-state index contributed by atoms with van der Waals surface area (Å²) in [6.45, 7) is 0. The number of rotatable bonds is 4. The van der Waals surface area contributed by atoms with Gasteiger partial charge in [0, 0.05) is 18.0 Å². The Hall–Kier alpha value is -2.42. The minimum absolute atomic E-state index is 0.0922. The van der Waals surface area contributed by atoms with Gasteiger partial charge in [-0.3, -0.25) is 0 Å². The Kier molecular flexibility index (Phi) is 4.22. The Balaban J connectivity index is 2.18. The van der Waals surface area contributed by atoms with Crippen LogP contribution in [0.1, 0.15) is 5.69 Å². The van der Waals surface area contributed by atoms with Crippen molar-refractivity contribution in [1.82, 2.24) is 9.97 Å². The van der Waals surface area contributed by atoms with E-state index >= 15 is 0 Å². The summed E-state index contributed by atoms with van der Waals surface area (Å²) in [6.07, 6.45) is -3.32. The number of anilines is 2. The Bertz CT molecular complexity index is 663. The largest absolute Gasteiger partial charge is 0.573 e. The summed E-state index contributed by atoms with van der Waals surface area (Å²) in [6, 6.07) is 6.83. The van der Waals surface area contributed by atoms with Crippen molar-refractivity contribution in [2.24, 2.45) is 5.73 Å². The van der Waals surface area contributed by atoms with Gasteiger partial charge in [0.15, 0.2) is 0 Å². The molecule has 5 nitrogen and oxygen atoms in total. The van der Waals surface area contributed by atoms with Gasteiger partial charge in [0.25, 0.3) is 0 Å². The van der Waals surface area contributed by atoms with Crippen LogP contribution < -0.4 is 15.8 Å². The first-order valence-corrected chi connectivity index (χ1v) is 6.00. The van der Waals surface area contributed by atoms with E-state index in [1.165, 1.54) is 30.5 Å². The summed E-state index contributed by atoms with van der Waals surface area (Å²) in [5, 5.41) is 2.74. The van der Waals surface area contributed by atoms with Crippen LogP contribution in [0, 0.1) is 0 Å². The van der Waals surface area contributed by atoms with E-state index in [9.17, 15) is 13.2 Å². The van der Waals surface area contributed by atoms with Crippen LogP contribution in [-0.2, 0) is 0 Å². The third kappa shape index (κ3) is 4.56. The predicted molar refractivity (Wildman–Crippen MR) is 74.3 cm³/mol. The second-order valence-corrected chi connectivity index (χ2v) is 4.27. The molecule has 0 radical (unpaired) electrons. The normalized spacial score (nSPS) is 11.0. The Morgan fingerprint density at radius 3 is 2.71 bits per heavy atom. The number of aromatic nitrogens is 2. The molecule has 9 heteroatoms. The van der Waals surface area contributed by atoms with Gasteiger partial charge in [-0.25, -0.2) is 9.97 Å². The van der Waals surface area contributed by atoms with Crippen molar-refractivity contribution in [2.45, 2.75) is 6.36 Å². The molecule has 1 aromatic heterocycles. The number of nitrogens with two attached hydrogens (primary N) is 1. The molecular weight excluding hydrogens is 305 g/mol. The number of benzene rings is 1. The molecule has 0 saturated heterocycles. The van der Waals surface area contributed by atoms with Gasteiger partial charge in [0.2, 0.25) is 5.95 Å². The van der Waals surface area contributed by atoms with Crippen LogP contribution in [-0.4, -0.2) is 21.3 Å². The molecule has 0 saturated carbocycles. The molecule has 0 aliphatic carbocycles. The SMILES string of the molecule is NC(=S)c1ccnc(Nc2cccc(OC(F)(F)F)c2)n1. The highest BCUT2D eigenvalue weighted by atomic mass is 32.1. The van der Waals surface area contributed by atoms with Gasteiger partial charge in [0.1, 0.15) is 16.4 Å². The second kappa shape index (κ2) is 5.92. The lowest BCUT2D eigenvalue weighted by Gasteiger charge is -2.10. The number of nitrogens with one attached hydrogen (secondary N) is 1. The Morgan fingerprint density at radius 1 is 1.29 bits per heavy atom. The molecule has 2 rings (SSSR count). The first-order valence-electron chi connectivity index (χ1n) is 5.59. The molecule has 0 aliphatic heterocycles. The van der Waals surface area contributed by atoms with Gasteiger partial charge in [-0.1, -0.05) is 18.3 Å². The van der Waals surface area contributed by atoms with Gasteiger partial charge in [-0.05, 0) is 18.2 Å². The summed E-state index contributed by atoms with van der Waals surface area (Å²) < 4.78 is 40.3. The summed E-state index contributed by atoms with van der Waals surface area (Å²) in [7, 11) is 0. The summed E-state index contributed by atoms with van der Waals surface area (Å²) in [5.41, 5.74) is 6.12. The number of ether oxygens (including phenoxy) is 1. The van der Waals surface area contributed by atoms with E-state index in [0.717, 1.165) is 0 Å². The number of alkyl halides is 3. The average Bonchev–Trinajstić information content (AvgIpc) is 2.37. The number of hydrogen-bond donors (Lipinski definition) is 2. The quantitative estimate of drug-likeness (QED) is 0.846. The van der Waals surface area contributed by atoms with Gasteiger partial charge < -0.3 is 15.8 Å². The fourth-order valence-electron chi connectivity index (χ4n) is 1.46. The molecule has 21 heavy (non-hydrogen) atoms. The highest BCUT2D eigenvalue weighted by Crippen LogP contribution is 2.25. The Labute approximate surface area is 123 Å². The maximum Gasteiger partial charge on any atom is 0.573 e. The standard InChI is InChI=1S/C12H9F3N4OS/c13-12(14,15)20-8-3-1-2-7(6-8)18-11-17-5-4-9(19-11)10(16)21/h1-6H,(H2,16,21)(H,17,18,19). The molecule has 0 aliphatic rings. The topological polar surface area (TPSA) is 73.1 Å². The molecule has 0 unspecified atom stereocenters. The number of nitrogens with zero attached hydrogens (tertiary/aromatic N) is 2. The summed E-state index contributed by atoms with van der Waals surface area (Å²) in [5.74, 6) is -0.192. The van der Waals surface area contributed by atoms with Crippen molar-refractivity contribution in [1.29, 1.82) is 0 Å². The highest BCUT2D eigenvalue weighted by molar-refractivity contribution is 7.80. The molecule has 1 aromatic carbocycles. The molecule has 0 atom stereocenters. The van der Waals surface area contributed by atoms with Crippen molar-refractivity contribution in [2.75, 3.05) is 5.32 Å². The third-order valence-electron chi connectivity index (χ3n) is 2.23. The molecule has 0 bridgehead atoms. The fraction of sp³-hybridized carbons (Fsp3) is 0.0833. The minimum Gasteiger partial charge on any atom is -0.406 e. The van der Waals surface area contributed by atoms with Crippen LogP contribution in [0.25, 0.3) is 0 Å². The highest BCUT2D eigenvalue weighted by Gasteiger charge is 2.31. The van der Waals surface area contributed by atoms with E-state index in [-0.39, 0.29) is 16.7 Å². The average molecular weight is 314 g/mol. The van der Waals surface area contributed by atoms with Crippen molar-refractivity contribution < 1.29 is 17.9 Å². The van der Waals surface area contributed by atoms with Crippen LogP contribution in [0.5, 0.6) is 5.75 Å².